The first-order valence-corrected chi connectivity index (χ1v) is 5.46. The molecule has 0 radical (unpaired) electrons. The Balaban J connectivity index is 3.07. The van der Waals surface area contributed by atoms with Crippen LogP contribution < -0.4 is 0 Å². The summed E-state index contributed by atoms with van der Waals surface area (Å²) in [7, 11) is 0. The smallest absolute Gasteiger partial charge is 0.0988 e. The molecule has 0 heterocycles. The van der Waals surface area contributed by atoms with Gasteiger partial charge in [0, 0.05) is 10.0 Å². The highest BCUT2D eigenvalue weighted by Crippen LogP contribution is 2.30. The van der Waals surface area contributed by atoms with Crippen LogP contribution in [0.1, 0.15) is 25.5 Å². The maximum Gasteiger partial charge on any atom is 0.0988 e. The Morgan fingerprint density at radius 1 is 1.50 bits per heavy atom. The predicted octanol–water partition coefficient (Wildman–Crippen LogP) is 4.10. The molecular weight excluding hydrogens is 263 g/mol. The van der Waals surface area contributed by atoms with Crippen LogP contribution in [0.15, 0.2) is 34.3 Å². The fraction of sp³-hybridized carbons (Fsp3) is 0.273. The molecule has 1 nitrogen and oxygen atoms in total. The Kier molecular flexibility index (Phi) is 4.17. The third-order valence-electron chi connectivity index (χ3n) is 1.79. The average molecular weight is 276 g/mol. The molecule has 0 amide bonds. The number of rotatable bonds is 2. The molecule has 0 aliphatic rings. The summed E-state index contributed by atoms with van der Waals surface area (Å²) in [6, 6.07) is 5.52. The van der Waals surface area contributed by atoms with Crippen LogP contribution in [-0.2, 0) is 0 Å². The monoisotopic (exact) mass is 274 g/mol. The van der Waals surface area contributed by atoms with Crippen molar-refractivity contribution in [3.05, 3.63) is 44.9 Å². The molecular formula is C11H12BrClO. The van der Waals surface area contributed by atoms with Crippen molar-refractivity contribution in [2.24, 2.45) is 0 Å². The Hall–Kier alpha value is -0.310. The van der Waals surface area contributed by atoms with E-state index in [1.165, 1.54) is 0 Å². The molecule has 1 N–H and O–H groups in total. The van der Waals surface area contributed by atoms with Gasteiger partial charge in [0.25, 0.3) is 0 Å². The molecule has 0 fully saturated rings. The highest BCUT2D eigenvalue weighted by atomic mass is 79.9. The number of aliphatic hydroxyl groups excluding tert-OH is 1. The van der Waals surface area contributed by atoms with Crippen LogP contribution in [0.25, 0.3) is 0 Å². The van der Waals surface area contributed by atoms with Crippen molar-refractivity contribution in [2.45, 2.75) is 20.0 Å². The molecule has 0 saturated heterocycles. The minimum Gasteiger partial charge on any atom is -0.384 e. The number of aliphatic hydroxyl groups is 1. The van der Waals surface area contributed by atoms with E-state index in [9.17, 15) is 5.11 Å². The fourth-order valence-corrected chi connectivity index (χ4v) is 1.77. The van der Waals surface area contributed by atoms with Crippen molar-refractivity contribution in [1.29, 1.82) is 0 Å². The predicted molar refractivity (Wildman–Crippen MR) is 63.5 cm³/mol. The average Bonchev–Trinajstić information content (AvgIpc) is 2.08. The van der Waals surface area contributed by atoms with Crippen molar-refractivity contribution in [3.8, 4) is 0 Å². The van der Waals surface area contributed by atoms with Crippen LogP contribution in [0.5, 0.6) is 0 Å². The minimum absolute atomic E-state index is 0.567. The third kappa shape index (κ3) is 2.84. The molecule has 0 saturated carbocycles. The molecule has 0 spiro atoms. The van der Waals surface area contributed by atoms with E-state index in [1.54, 1.807) is 6.08 Å². The van der Waals surface area contributed by atoms with Gasteiger partial charge in [-0.3, -0.25) is 0 Å². The SMILES string of the molecule is CC(C)=CC(O)c1cccc(Br)c1Cl. The van der Waals surface area contributed by atoms with Crippen molar-refractivity contribution in [3.63, 3.8) is 0 Å². The largest absolute Gasteiger partial charge is 0.384 e. The van der Waals surface area contributed by atoms with E-state index in [4.69, 9.17) is 11.6 Å². The van der Waals surface area contributed by atoms with Gasteiger partial charge in [-0.25, -0.2) is 0 Å². The number of hydrogen-bond acceptors (Lipinski definition) is 1. The molecule has 1 atom stereocenters. The Bertz CT molecular complexity index is 356. The number of hydrogen-bond donors (Lipinski definition) is 1. The van der Waals surface area contributed by atoms with E-state index in [0.29, 0.717) is 5.02 Å². The van der Waals surface area contributed by atoms with Gasteiger partial charge in [0.2, 0.25) is 0 Å². The maximum absolute atomic E-state index is 9.81. The lowest BCUT2D eigenvalue weighted by Gasteiger charge is -2.10. The summed E-state index contributed by atoms with van der Waals surface area (Å²) in [6.45, 7) is 3.88. The number of halogens is 2. The van der Waals surface area contributed by atoms with Gasteiger partial charge in [-0.05, 0) is 35.8 Å². The van der Waals surface area contributed by atoms with E-state index in [2.05, 4.69) is 15.9 Å². The molecule has 1 unspecified atom stereocenters. The van der Waals surface area contributed by atoms with Gasteiger partial charge in [0.15, 0.2) is 0 Å². The van der Waals surface area contributed by atoms with Crippen molar-refractivity contribution in [1.82, 2.24) is 0 Å². The Labute approximate surface area is 97.5 Å². The molecule has 0 aliphatic carbocycles. The van der Waals surface area contributed by atoms with Crippen molar-refractivity contribution >= 4 is 27.5 Å². The minimum atomic E-state index is -0.634. The van der Waals surface area contributed by atoms with Gasteiger partial charge in [-0.15, -0.1) is 0 Å². The number of allylic oxidation sites excluding steroid dienone is 1. The quantitative estimate of drug-likeness (QED) is 0.806. The zero-order valence-corrected chi connectivity index (χ0v) is 10.4. The van der Waals surface area contributed by atoms with E-state index >= 15 is 0 Å². The summed E-state index contributed by atoms with van der Waals surface area (Å²) in [6.07, 6.45) is 1.14. The molecule has 1 aromatic rings. The zero-order valence-electron chi connectivity index (χ0n) is 8.09. The van der Waals surface area contributed by atoms with Gasteiger partial charge >= 0.3 is 0 Å². The summed E-state index contributed by atoms with van der Waals surface area (Å²) < 4.78 is 0.804. The van der Waals surface area contributed by atoms with Crippen LogP contribution in [0.2, 0.25) is 5.02 Å². The van der Waals surface area contributed by atoms with Gasteiger partial charge in [0.1, 0.15) is 0 Å². The fourth-order valence-electron chi connectivity index (χ4n) is 1.15. The second-order valence-electron chi connectivity index (χ2n) is 3.33. The molecule has 76 valence electrons. The second kappa shape index (κ2) is 4.96. The van der Waals surface area contributed by atoms with E-state index in [1.807, 2.05) is 32.0 Å². The Morgan fingerprint density at radius 2 is 2.14 bits per heavy atom. The van der Waals surface area contributed by atoms with Gasteiger partial charge in [-0.2, -0.15) is 0 Å². The Morgan fingerprint density at radius 3 is 2.71 bits per heavy atom. The van der Waals surface area contributed by atoms with Crippen molar-refractivity contribution < 1.29 is 5.11 Å². The van der Waals surface area contributed by atoms with E-state index < -0.39 is 6.10 Å². The summed E-state index contributed by atoms with van der Waals surface area (Å²) in [5.41, 5.74) is 1.79. The van der Waals surface area contributed by atoms with Crippen LogP contribution in [0, 0.1) is 0 Å². The highest BCUT2D eigenvalue weighted by molar-refractivity contribution is 9.10. The maximum atomic E-state index is 9.81. The van der Waals surface area contributed by atoms with Crippen LogP contribution in [-0.4, -0.2) is 5.11 Å². The lowest BCUT2D eigenvalue weighted by Crippen LogP contribution is -1.95. The first-order chi connectivity index (χ1) is 6.52. The van der Waals surface area contributed by atoms with Gasteiger partial charge in [0.05, 0.1) is 11.1 Å². The van der Waals surface area contributed by atoms with Crippen molar-refractivity contribution in [2.75, 3.05) is 0 Å². The lowest BCUT2D eigenvalue weighted by atomic mass is 10.1. The van der Waals surface area contributed by atoms with Gasteiger partial charge in [-0.1, -0.05) is 35.4 Å². The molecule has 0 bridgehead atoms. The molecule has 14 heavy (non-hydrogen) atoms. The molecule has 0 aliphatic heterocycles. The van der Waals surface area contributed by atoms with E-state index in [0.717, 1.165) is 15.6 Å². The molecule has 0 aromatic heterocycles. The molecule has 1 rings (SSSR count). The highest BCUT2D eigenvalue weighted by Gasteiger charge is 2.10. The standard InChI is InChI=1S/C11H12BrClO/c1-7(2)6-10(14)8-4-3-5-9(12)11(8)13/h3-6,10,14H,1-2H3. The first-order valence-electron chi connectivity index (χ1n) is 4.29. The van der Waals surface area contributed by atoms with Crippen LogP contribution in [0.4, 0.5) is 0 Å². The van der Waals surface area contributed by atoms with Crippen LogP contribution >= 0.6 is 27.5 Å². The zero-order chi connectivity index (χ0) is 10.7. The summed E-state index contributed by atoms with van der Waals surface area (Å²) in [4.78, 5) is 0. The first kappa shape index (κ1) is 11.8. The number of benzene rings is 1. The second-order valence-corrected chi connectivity index (χ2v) is 4.56. The molecule has 1 aromatic carbocycles. The third-order valence-corrected chi connectivity index (χ3v) is 3.10. The van der Waals surface area contributed by atoms with Crippen LogP contribution in [0.3, 0.4) is 0 Å². The lowest BCUT2D eigenvalue weighted by molar-refractivity contribution is 0.228. The summed E-state index contributed by atoms with van der Waals surface area (Å²) in [5, 5.41) is 10.4. The molecule has 3 heteroatoms. The normalized spacial score (nSPS) is 12.4. The van der Waals surface area contributed by atoms with E-state index in [-0.39, 0.29) is 0 Å². The summed E-state index contributed by atoms with van der Waals surface area (Å²) >= 11 is 9.35. The topological polar surface area (TPSA) is 20.2 Å². The van der Waals surface area contributed by atoms with Gasteiger partial charge < -0.3 is 5.11 Å². The summed E-state index contributed by atoms with van der Waals surface area (Å²) in [5.74, 6) is 0.